The van der Waals surface area contributed by atoms with E-state index in [2.05, 4.69) is 48.4 Å². The Morgan fingerprint density at radius 1 is 1.19 bits per heavy atom. The zero-order valence-electron chi connectivity index (χ0n) is 19.1. The SMILES string of the molecule is CCCc1ccc(NC(=O)CSc2nnc(COc3cc(C)ccc3C(C)C)n2N)cc1. The maximum atomic E-state index is 12.3. The molecule has 0 atom stereocenters. The molecule has 0 bridgehead atoms. The number of rotatable bonds is 10. The lowest BCUT2D eigenvalue weighted by Gasteiger charge is -2.14. The molecule has 3 rings (SSSR count). The zero-order chi connectivity index (χ0) is 23.1. The minimum Gasteiger partial charge on any atom is -0.485 e. The van der Waals surface area contributed by atoms with Crippen LogP contribution in [0.15, 0.2) is 47.6 Å². The summed E-state index contributed by atoms with van der Waals surface area (Å²) in [6.07, 6.45) is 2.13. The molecule has 1 aromatic heterocycles. The first kappa shape index (κ1) is 23.7. The Balaban J connectivity index is 1.55. The monoisotopic (exact) mass is 453 g/mol. The molecule has 0 saturated carbocycles. The second kappa shape index (κ2) is 11.0. The van der Waals surface area contributed by atoms with Crippen molar-refractivity contribution in [3.63, 3.8) is 0 Å². The van der Waals surface area contributed by atoms with Crippen molar-refractivity contribution in [2.75, 3.05) is 16.9 Å². The number of carbonyl (C=O) groups excluding carboxylic acids is 1. The fourth-order valence-corrected chi connectivity index (χ4v) is 3.94. The molecule has 0 aliphatic heterocycles. The third kappa shape index (κ3) is 6.26. The largest absolute Gasteiger partial charge is 0.485 e. The third-order valence-corrected chi connectivity index (χ3v) is 5.93. The van der Waals surface area contributed by atoms with Crippen molar-refractivity contribution in [1.29, 1.82) is 0 Å². The van der Waals surface area contributed by atoms with Gasteiger partial charge < -0.3 is 15.9 Å². The van der Waals surface area contributed by atoms with Crippen LogP contribution in [0.2, 0.25) is 0 Å². The number of aromatic nitrogens is 3. The average molecular weight is 454 g/mol. The summed E-state index contributed by atoms with van der Waals surface area (Å²) >= 11 is 1.24. The Morgan fingerprint density at radius 2 is 1.94 bits per heavy atom. The van der Waals surface area contributed by atoms with E-state index in [4.69, 9.17) is 10.6 Å². The van der Waals surface area contributed by atoms with Crippen LogP contribution in [0.25, 0.3) is 0 Å². The summed E-state index contributed by atoms with van der Waals surface area (Å²) in [6, 6.07) is 14.1. The Morgan fingerprint density at radius 3 is 2.62 bits per heavy atom. The van der Waals surface area contributed by atoms with E-state index in [-0.39, 0.29) is 18.3 Å². The second-order valence-electron chi connectivity index (χ2n) is 8.04. The number of hydrogen-bond acceptors (Lipinski definition) is 6. The van der Waals surface area contributed by atoms with Gasteiger partial charge in [0.05, 0.1) is 5.75 Å². The standard InChI is InChI=1S/C24H31N5O2S/c1-5-6-18-8-10-19(11-9-18)26-23(30)15-32-24-28-27-22(29(24)25)14-31-21-13-17(4)7-12-20(21)16(2)3/h7-13,16H,5-6,14-15,25H2,1-4H3,(H,26,30). The summed E-state index contributed by atoms with van der Waals surface area (Å²) in [6.45, 7) is 8.63. The van der Waals surface area contributed by atoms with Crippen molar-refractivity contribution < 1.29 is 9.53 Å². The molecule has 0 spiro atoms. The van der Waals surface area contributed by atoms with Gasteiger partial charge in [-0.15, -0.1) is 10.2 Å². The lowest BCUT2D eigenvalue weighted by Crippen LogP contribution is -2.18. The summed E-state index contributed by atoms with van der Waals surface area (Å²) < 4.78 is 7.38. The van der Waals surface area contributed by atoms with E-state index in [1.54, 1.807) is 0 Å². The van der Waals surface area contributed by atoms with Crippen molar-refractivity contribution in [3.8, 4) is 5.75 Å². The highest BCUT2D eigenvalue weighted by atomic mass is 32.2. The van der Waals surface area contributed by atoms with Gasteiger partial charge in [-0.2, -0.15) is 0 Å². The van der Waals surface area contributed by atoms with Gasteiger partial charge in [-0.25, -0.2) is 4.68 Å². The molecule has 7 nitrogen and oxygen atoms in total. The molecule has 1 amide bonds. The van der Waals surface area contributed by atoms with E-state index < -0.39 is 0 Å². The molecule has 8 heteroatoms. The van der Waals surface area contributed by atoms with Gasteiger partial charge >= 0.3 is 0 Å². The zero-order valence-corrected chi connectivity index (χ0v) is 19.9. The third-order valence-electron chi connectivity index (χ3n) is 4.99. The molecule has 2 aromatic carbocycles. The minimum absolute atomic E-state index is 0.125. The summed E-state index contributed by atoms with van der Waals surface area (Å²) in [5.74, 6) is 7.85. The Labute approximate surface area is 193 Å². The molecule has 0 unspecified atom stereocenters. The van der Waals surface area contributed by atoms with Crippen LogP contribution in [0, 0.1) is 6.92 Å². The average Bonchev–Trinajstić information content (AvgIpc) is 3.11. The molecule has 32 heavy (non-hydrogen) atoms. The first-order valence-electron chi connectivity index (χ1n) is 10.8. The van der Waals surface area contributed by atoms with Crippen LogP contribution in [-0.4, -0.2) is 26.5 Å². The molecule has 0 fully saturated rings. The predicted octanol–water partition coefficient (Wildman–Crippen LogP) is 4.69. The van der Waals surface area contributed by atoms with Crippen LogP contribution in [0.4, 0.5) is 5.69 Å². The van der Waals surface area contributed by atoms with E-state index in [1.165, 1.54) is 22.0 Å². The number of nitrogen functional groups attached to an aromatic ring is 1. The number of nitrogens with zero attached hydrogens (tertiary/aromatic N) is 3. The van der Waals surface area contributed by atoms with Crippen molar-refractivity contribution in [2.24, 2.45) is 0 Å². The van der Waals surface area contributed by atoms with Crippen molar-refractivity contribution in [3.05, 3.63) is 65.0 Å². The van der Waals surface area contributed by atoms with Gasteiger partial charge in [0, 0.05) is 5.69 Å². The Hall–Kier alpha value is -3.00. The predicted molar refractivity (Wildman–Crippen MR) is 130 cm³/mol. The molecule has 0 aliphatic carbocycles. The Bertz CT molecular complexity index is 1050. The van der Waals surface area contributed by atoms with Gasteiger partial charge in [0.15, 0.2) is 5.82 Å². The van der Waals surface area contributed by atoms with Crippen molar-refractivity contribution in [2.45, 2.75) is 58.2 Å². The molecule has 0 aliphatic rings. The van der Waals surface area contributed by atoms with E-state index >= 15 is 0 Å². The number of thioether (sulfide) groups is 1. The smallest absolute Gasteiger partial charge is 0.234 e. The lowest BCUT2D eigenvalue weighted by atomic mass is 10.0. The van der Waals surface area contributed by atoms with Crippen LogP contribution >= 0.6 is 11.8 Å². The van der Waals surface area contributed by atoms with Gasteiger partial charge in [-0.3, -0.25) is 4.79 Å². The number of amides is 1. The first-order valence-corrected chi connectivity index (χ1v) is 11.8. The number of nitrogens with one attached hydrogen (secondary N) is 1. The van der Waals surface area contributed by atoms with Crippen LogP contribution in [0.3, 0.4) is 0 Å². The van der Waals surface area contributed by atoms with Gasteiger partial charge in [0.2, 0.25) is 11.1 Å². The van der Waals surface area contributed by atoms with Gasteiger partial charge in [0.25, 0.3) is 0 Å². The van der Waals surface area contributed by atoms with Crippen LogP contribution in [0.5, 0.6) is 5.75 Å². The Kier molecular flexibility index (Phi) is 8.16. The molecule has 1 heterocycles. The fraction of sp³-hybridized carbons (Fsp3) is 0.375. The van der Waals surface area contributed by atoms with Gasteiger partial charge in [0.1, 0.15) is 12.4 Å². The quantitative estimate of drug-likeness (QED) is 0.342. The van der Waals surface area contributed by atoms with E-state index in [9.17, 15) is 4.79 Å². The van der Waals surface area contributed by atoms with E-state index in [0.717, 1.165) is 35.4 Å². The molecule has 3 N–H and O–H groups in total. The highest BCUT2D eigenvalue weighted by molar-refractivity contribution is 7.99. The topological polar surface area (TPSA) is 95.1 Å². The number of ether oxygens (including phenoxy) is 1. The summed E-state index contributed by atoms with van der Waals surface area (Å²) in [5.41, 5.74) is 4.29. The highest BCUT2D eigenvalue weighted by Gasteiger charge is 2.15. The summed E-state index contributed by atoms with van der Waals surface area (Å²) in [4.78, 5) is 12.3. The van der Waals surface area contributed by atoms with Crippen LogP contribution in [0.1, 0.15) is 55.6 Å². The van der Waals surface area contributed by atoms with Crippen LogP contribution < -0.4 is 15.9 Å². The van der Waals surface area contributed by atoms with Crippen molar-refractivity contribution >= 4 is 23.4 Å². The molecular formula is C24H31N5O2S. The maximum Gasteiger partial charge on any atom is 0.234 e. The van der Waals surface area contributed by atoms with Gasteiger partial charge in [-0.05, 0) is 54.2 Å². The number of nitrogens with two attached hydrogens (primary N) is 1. The minimum atomic E-state index is -0.125. The molecule has 0 saturated heterocycles. The van der Waals surface area contributed by atoms with Gasteiger partial charge in [-0.1, -0.05) is 63.2 Å². The molecular weight excluding hydrogens is 422 g/mol. The number of carbonyl (C=O) groups is 1. The molecule has 170 valence electrons. The van der Waals surface area contributed by atoms with E-state index in [0.29, 0.717) is 16.9 Å². The molecule has 0 radical (unpaired) electrons. The van der Waals surface area contributed by atoms with Crippen molar-refractivity contribution in [1.82, 2.24) is 14.9 Å². The van der Waals surface area contributed by atoms with Crippen LogP contribution in [-0.2, 0) is 17.8 Å². The fourth-order valence-electron chi connectivity index (χ4n) is 3.26. The number of anilines is 1. The first-order chi connectivity index (χ1) is 15.4. The number of benzene rings is 2. The lowest BCUT2D eigenvalue weighted by molar-refractivity contribution is -0.113. The number of aryl methyl sites for hydroxylation is 2. The summed E-state index contributed by atoms with van der Waals surface area (Å²) in [7, 11) is 0. The van der Waals surface area contributed by atoms with E-state index in [1.807, 2.05) is 37.3 Å². The highest BCUT2D eigenvalue weighted by Crippen LogP contribution is 2.28. The summed E-state index contributed by atoms with van der Waals surface area (Å²) in [5, 5.41) is 11.6. The second-order valence-corrected chi connectivity index (χ2v) is 8.98. The number of hydrogen-bond donors (Lipinski definition) is 2. The maximum absolute atomic E-state index is 12.3. The normalized spacial score (nSPS) is 11.0. The molecule has 3 aromatic rings.